The molecule has 0 aliphatic heterocycles. The molecule has 0 amide bonds. The van der Waals surface area contributed by atoms with Gasteiger partial charge < -0.3 is 0 Å². The highest BCUT2D eigenvalue weighted by atomic mass is 15.3. The second kappa shape index (κ2) is 6.35. The first-order chi connectivity index (χ1) is 11.1. The Bertz CT molecular complexity index is 825. The van der Waals surface area contributed by atoms with Crippen molar-refractivity contribution in [2.24, 2.45) is 0 Å². The van der Waals surface area contributed by atoms with E-state index in [2.05, 4.69) is 80.6 Å². The van der Waals surface area contributed by atoms with Gasteiger partial charge in [0.15, 0.2) is 0 Å². The van der Waals surface area contributed by atoms with Crippen molar-refractivity contribution in [2.45, 2.75) is 6.92 Å². The van der Waals surface area contributed by atoms with Crippen LogP contribution in [0.4, 0.5) is 5.69 Å². The van der Waals surface area contributed by atoms with Crippen LogP contribution in [-0.4, -0.2) is 25.6 Å². The van der Waals surface area contributed by atoms with Gasteiger partial charge in [0.1, 0.15) is 5.69 Å². The Labute approximate surface area is 138 Å². The van der Waals surface area contributed by atoms with Crippen LogP contribution in [0.25, 0.3) is 23.1 Å². The number of rotatable bonds is 4. The molecular weight excluding hydrogens is 280 g/mol. The van der Waals surface area contributed by atoms with Gasteiger partial charge in [0.2, 0.25) is 0 Å². The summed E-state index contributed by atoms with van der Waals surface area (Å²) in [6.45, 7) is 3.29. The van der Waals surface area contributed by atoms with Gasteiger partial charge in [-0.25, -0.2) is 0 Å². The van der Waals surface area contributed by atoms with E-state index in [1.807, 2.05) is 18.3 Å². The second-order valence-electron chi connectivity index (χ2n) is 6.34. The molecule has 116 valence electrons. The minimum absolute atomic E-state index is 0.902. The lowest BCUT2D eigenvalue weighted by Crippen LogP contribution is -2.39. The maximum Gasteiger partial charge on any atom is 0.132 e. The SMILES string of the molecule is CC[N+](C)(C)c1ccc(/C=C/c2ccnc3ccccc23)cc1. The normalized spacial score (nSPS) is 12.1. The van der Waals surface area contributed by atoms with E-state index in [4.69, 9.17) is 0 Å². The molecule has 0 N–H and O–H groups in total. The summed E-state index contributed by atoms with van der Waals surface area (Å²) in [6.07, 6.45) is 6.20. The van der Waals surface area contributed by atoms with E-state index in [1.54, 1.807) is 0 Å². The topological polar surface area (TPSA) is 12.9 Å². The highest BCUT2D eigenvalue weighted by Gasteiger charge is 2.14. The van der Waals surface area contributed by atoms with Crippen molar-refractivity contribution in [3.63, 3.8) is 0 Å². The Morgan fingerprint density at radius 1 is 0.913 bits per heavy atom. The maximum atomic E-state index is 4.41. The molecule has 2 aromatic carbocycles. The smallest absolute Gasteiger partial charge is 0.132 e. The minimum atomic E-state index is 0.902. The van der Waals surface area contributed by atoms with Crippen LogP contribution in [0, 0.1) is 0 Å². The highest BCUT2D eigenvalue weighted by molar-refractivity contribution is 5.90. The second-order valence-corrected chi connectivity index (χ2v) is 6.34. The highest BCUT2D eigenvalue weighted by Crippen LogP contribution is 2.21. The van der Waals surface area contributed by atoms with Crippen LogP contribution in [0.5, 0.6) is 0 Å². The average molecular weight is 303 g/mol. The van der Waals surface area contributed by atoms with Crippen LogP contribution < -0.4 is 4.48 Å². The van der Waals surface area contributed by atoms with Crippen LogP contribution >= 0.6 is 0 Å². The number of hydrogen-bond donors (Lipinski definition) is 0. The fourth-order valence-electron chi connectivity index (χ4n) is 2.62. The van der Waals surface area contributed by atoms with Crippen molar-refractivity contribution in [1.82, 2.24) is 9.47 Å². The molecule has 0 unspecified atom stereocenters. The number of pyridine rings is 1. The lowest BCUT2D eigenvalue weighted by atomic mass is 10.1. The average Bonchev–Trinajstić information content (AvgIpc) is 2.60. The molecule has 0 fully saturated rings. The van der Waals surface area contributed by atoms with Crippen LogP contribution in [0.15, 0.2) is 60.8 Å². The van der Waals surface area contributed by atoms with E-state index in [0.29, 0.717) is 0 Å². The number of para-hydroxylation sites is 1. The Morgan fingerprint density at radius 2 is 1.65 bits per heavy atom. The molecular formula is C21H23N2+. The molecule has 23 heavy (non-hydrogen) atoms. The molecule has 0 saturated heterocycles. The molecule has 0 aliphatic carbocycles. The first-order valence-corrected chi connectivity index (χ1v) is 8.05. The van der Waals surface area contributed by atoms with Gasteiger partial charge in [0.25, 0.3) is 0 Å². The van der Waals surface area contributed by atoms with Crippen molar-refractivity contribution < 1.29 is 0 Å². The number of nitrogens with zero attached hydrogens (tertiary/aromatic N) is 2. The zero-order valence-corrected chi connectivity index (χ0v) is 14.0. The van der Waals surface area contributed by atoms with Gasteiger partial charge >= 0.3 is 0 Å². The van der Waals surface area contributed by atoms with Crippen LogP contribution in [0.1, 0.15) is 18.1 Å². The van der Waals surface area contributed by atoms with Crippen LogP contribution in [-0.2, 0) is 0 Å². The fraction of sp³-hybridized carbons (Fsp3) is 0.190. The lowest BCUT2D eigenvalue weighted by molar-refractivity contribution is 0.421. The summed E-state index contributed by atoms with van der Waals surface area (Å²) in [5.74, 6) is 0. The molecule has 0 aliphatic rings. The summed E-state index contributed by atoms with van der Waals surface area (Å²) >= 11 is 0. The third-order valence-corrected chi connectivity index (χ3v) is 4.52. The number of aromatic nitrogens is 1. The summed E-state index contributed by atoms with van der Waals surface area (Å²) in [7, 11) is 4.46. The quantitative estimate of drug-likeness (QED) is 0.619. The standard InChI is InChI=1S/C21H23N2/c1-4-23(2,3)19-13-10-17(11-14-19)9-12-18-15-16-22-21-8-6-5-7-20(18)21/h5-16H,4H2,1-3H3/q+1/b12-9+. The van der Waals surface area contributed by atoms with Crippen molar-refractivity contribution >= 4 is 28.7 Å². The molecule has 0 radical (unpaired) electrons. The molecule has 2 heteroatoms. The molecule has 3 rings (SSSR count). The molecule has 0 bridgehead atoms. The minimum Gasteiger partial charge on any atom is -0.296 e. The Kier molecular flexibility index (Phi) is 4.26. The van der Waals surface area contributed by atoms with E-state index in [-0.39, 0.29) is 0 Å². The van der Waals surface area contributed by atoms with Gasteiger partial charge in [-0.2, -0.15) is 0 Å². The van der Waals surface area contributed by atoms with Gasteiger partial charge in [-0.3, -0.25) is 9.47 Å². The number of benzene rings is 2. The van der Waals surface area contributed by atoms with Gasteiger partial charge in [-0.1, -0.05) is 30.4 Å². The lowest BCUT2D eigenvalue weighted by Gasteiger charge is -2.27. The summed E-state index contributed by atoms with van der Waals surface area (Å²) in [4.78, 5) is 4.41. The van der Waals surface area contributed by atoms with E-state index >= 15 is 0 Å². The number of quaternary nitrogens is 1. The zero-order valence-electron chi connectivity index (χ0n) is 14.0. The summed E-state index contributed by atoms with van der Waals surface area (Å²) < 4.78 is 0.902. The largest absolute Gasteiger partial charge is 0.296 e. The predicted octanol–water partition coefficient (Wildman–Crippen LogP) is 4.99. The molecule has 3 aromatic rings. The molecule has 1 heterocycles. The Balaban J connectivity index is 1.88. The number of fused-ring (bicyclic) bond motifs is 1. The van der Waals surface area contributed by atoms with Crippen molar-refractivity contribution in [1.29, 1.82) is 0 Å². The van der Waals surface area contributed by atoms with Gasteiger partial charge in [0, 0.05) is 11.6 Å². The third-order valence-electron chi connectivity index (χ3n) is 4.52. The molecule has 0 spiro atoms. The maximum absolute atomic E-state index is 4.41. The Hall–Kier alpha value is -2.45. The summed E-state index contributed by atoms with van der Waals surface area (Å²) in [6, 6.07) is 19.1. The van der Waals surface area contributed by atoms with E-state index < -0.39 is 0 Å². The van der Waals surface area contributed by atoms with E-state index in [9.17, 15) is 0 Å². The summed E-state index contributed by atoms with van der Waals surface area (Å²) in [5, 5.41) is 1.19. The number of hydrogen-bond acceptors (Lipinski definition) is 1. The van der Waals surface area contributed by atoms with E-state index in [1.165, 1.54) is 22.2 Å². The molecule has 0 saturated carbocycles. The third kappa shape index (κ3) is 3.33. The van der Waals surface area contributed by atoms with Crippen LogP contribution in [0.3, 0.4) is 0 Å². The van der Waals surface area contributed by atoms with Gasteiger partial charge in [0.05, 0.1) is 26.2 Å². The van der Waals surface area contributed by atoms with Gasteiger partial charge in [-0.05, 0) is 54.4 Å². The van der Waals surface area contributed by atoms with E-state index in [0.717, 1.165) is 16.5 Å². The first kappa shape index (κ1) is 15.4. The van der Waals surface area contributed by atoms with Crippen LogP contribution in [0.2, 0.25) is 0 Å². The van der Waals surface area contributed by atoms with Crippen molar-refractivity contribution in [2.75, 3.05) is 20.6 Å². The fourth-order valence-corrected chi connectivity index (χ4v) is 2.62. The van der Waals surface area contributed by atoms with Gasteiger partial charge in [-0.15, -0.1) is 0 Å². The zero-order chi connectivity index (χ0) is 16.3. The first-order valence-electron chi connectivity index (χ1n) is 8.05. The predicted molar refractivity (Wildman–Crippen MR) is 101 cm³/mol. The summed E-state index contributed by atoms with van der Waals surface area (Å²) in [5.41, 5.74) is 4.78. The monoisotopic (exact) mass is 303 g/mol. The van der Waals surface area contributed by atoms with Crippen molar-refractivity contribution in [3.8, 4) is 0 Å². The molecule has 0 atom stereocenters. The van der Waals surface area contributed by atoms with Crippen molar-refractivity contribution in [3.05, 3.63) is 71.9 Å². The molecule has 2 nitrogen and oxygen atoms in total. The Morgan fingerprint density at radius 3 is 2.39 bits per heavy atom. The molecule has 1 aromatic heterocycles.